The first-order chi connectivity index (χ1) is 11.7. The van der Waals surface area contributed by atoms with E-state index in [2.05, 4.69) is 46.4 Å². The Kier molecular flexibility index (Phi) is 4.96. The lowest BCUT2D eigenvalue weighted by Crippen LogP contribution is -2.10. The van der Waals surface area contributed by atoms with Gasteiger partial charge >= 0.3 is 0 Å². The molecule has 0 aliphatic carbocycles. The van der Waals surface area contributed by atoms with Crippen molar-refractivity contribution < 1.29 is 4.79 Å². The molecule has 3 rings (SSSR count). The Morgan fingerprint density at radius 2 is 1.75 bits per heavy atom. The largest absolute Gasteiger partial charge is 0.366 e. The molecule has 0 aliphatic heterocycles. The summed E-state index contributed by atoms with van der Waals surface area (Å²) in [6.07, 6.45) is 1.02. The fraction of sp³-hybridized carbons (Fsp3) is 0.167. The Labute approximate surface area is 144 Å². The number of aryl methyl sites for hydroxylation is 1. The number of rotatable bonds is 6. The number of carbonyl (C=O) groups excluding carboxylic acids is 1. The third-order valence-corrected chi connectivity index (χ3v) is 4.63. The molecular weight excluding hydrogens is 320 g/mol. The first kappa shape index (κ1) is 16.3. The molecule has 0 radical (unpaired) electrons. The number of thioether (sulfide) groups is 1. The molecule has 1 heterocycles. The first-order valence-corrected chi connectivity index (χ1v) is 8.67. The van der Waals surface area contributed by atoms with E-state index in [-0.39, 0.29) is 0 Å². The Morgan fingerprint density at radius 3 is 2.38 bits per heavy atom. The number of hydrogen-bond donors (Lipinski definition) is 2. The Hall–Kier alpha value is -2.60. The van der Waals surface area contributed by atoms with Gasteiger partial charge in [0.2, 0.25) is 11.1 Å². The average molecular weight is 338 g/mol. The number of benzene rings is 2. The summed E-state index contributed by atoms with van der Waals surface area (Å²) in [5.74, 6) is 1.08. The maximum atomic E-state index is 11.1. The van der Waals surface area contributed by atoms with Crippen molar-refractivity contribution in [1.82, 2.24) is 15.2 Å². The highest BCUT2D eigenvalue weighted by atomic mass is 32.2. The molecule has 0 bridgehead atoms. The van der Waals surface area contributed by atoms with Crippen molar-refractivity contribution in [2.75, 3.05) is 0 Å². The molecule has 0 atom stereocenters. The zero-order valence-corrected chi connectivity index (χ0v) is 14.1. The van der Waals surface area contributed by atoms with Crippen molar-refractivity contribution in [2.45, 2.75) is 24.3 Å². The Morgan fingerprint density at radius 1 is 1.08 bits per heavy atom. The molecule has 3 aromatic rings. The van der Waals surface area contributed by atoms with Crippen molar-refractivity contribution in [3.8, 4) is 11.4 Å². The predicted octanol–water partition coefficient (Wildman–Crippen LogP) is 3.43. The van der Waals surface area contributed by atoms with E-state index < -0.39 is 5.91 Å². The molecule has 0 spiro atoms. The topological polar surface area (TPSA) is 84.7 Å². The van der Waals surface area contributed by atoms with Crippen LogP contribution in [-0.2, 0) is 12.2 Å². The van der Waals surface area contributed by atoms with Gasteiger partial charge in [-0.25, -0.2) is 4.98 Å². The zero-order chi connectivity index (χ0) is 16.9. The van der Waals surface area contributed by atoms with Gasteiger partial charge in [0.15, 0.2) is 5.82 Å². The number of carbonyl (C=O) groups is 1. The predicted molar refractivity (Wildman–Crippen MR) is 95.7 cm³/mol. The summed E-state index contributed by atoms with van der Waals surface area (Å²) in [7, 11) is 0. The van der Waals surface area contributed by atoms with Crippen molar-refractivity contribution in [3.63, 3.8) is 0 Å². The fourth-order valence-electron chi connectivity index (χ4n) is 2.25. The smallest absolute Gasteiger partial charge is 0.248 e. The zero-order valence-electron chi connectivity index (χ0n) is 13.3. The highest BCUT2D eigenvalue weighted by molar-refractivity contribution is 7.98. The van der Waals surface area contributed by atoms with Gasteiger partial charge in [-0.3, -0.25) is 9.89 Å². The molecule has 122 valence electrons. The summed E-state index contributed by atoms with van der Waals surface area (Å²) in [6, 6.07) is 15.6. The highest BCUT2D eigenvalue weighted by Crippen LogP contribution is 2.23. The molecule has 6 heteroatoms. The Bertz CT molecular complexity index is 825. The number of hydrogen-bond acceptors (Lipinski definition) is 4. The van der Waals surface area contributed by atoms with Gasteiger partial charge < -0.3 is 5.73 Å². The number of nitrogens with zero attached hydrogens (tertiary/aromatic N) is 2. The van der Waals surface area contributed by atoms with Crippen LogP contribution in [0.15, 0.2) is 53.7 Å². The first-order valence-electron chi connectivity index (χ1n) is 7.69. The van der Waals surface area contributed by atoms with E-state index in [0.29, 0.717) is 10.7 Å². The summed E-state index contributed by atoms with van der Waals surface area (Å²) in [6.45, 7) is 2.13. The van der Waals surface area contributed by atoms with Gasteiger partial charge in [-0.15, -0.1) is 5.10 Å². The molecule has 1 aromatic heterocycles. The Balaban J connectivity index is 1.64. The van der Waals surface area contributed by atoms with Crippen molar-refractivity contribution in [2.24, 2.45) is 5.73 Å². The third kappa shape index (κ3) is 3.83. The van der Waals surface area contributed by atoms with Gasteiger partial charge in [0, 0.05) is 16.9 Å². The summed E-state index contributed by atoms with van der Waals surface area (Å²) in [5, 5.41) is 7.92. The second-order valence-corrected chi connectivity index (χ2v) is 6.31. The molecule has 5 nitrogen and oxygen atoms in total. The van der Waals surface area contributed by atoms with Gasteiger partial charge in [-0.05, 0) is 29.7 Å². The van der Waals surface area contributed by atoms with E-state index in [9.17, 15) is 4.79 Å². The number of nitrogens with one attached hydrogen (secondary N) is 1. The minimum Gasteiger partial charge on any atom is -0.366 e. The normalized spacial score (nSPS) is 10.7. The summed E-state index contributed by atoms with van der Waals surface area (Å²) >= 11 is 1.54. The average Bonchev–Trinajstić information content (AvgIpc) is 3.09. The monoisotopic (exact) mass is 338 g/mol. The van der Waals surface area contributed by atoms with Gasteiger partial charge in [0.1, 0.15) is 0 Å². The van der Waals surface area contributed by atoms with Gasteiger partial charge in [-0.2, -0.15) is 0 Å². The summed E-state index contributed by atoms with van der Waals surface area (Å²) in [4.78, 5) is 15.6. The van der Waals surface area contributed by atoms with Gasteiger partial charge in [0.25, 0.3) is 0 Å². The number of aromatic amines is 1. The van der Waals surface area contributed by atoms with E-state index >= 15 is 0 Å². The van der Waals surface area contributed by atoms with Crippen LogP contribution in [0.25, 0.3) is 11.4 Å². The SMILES string of the molecule is CCc1ccc(-c2nc(SCc3ccc(C(N)=O)cc3)n[nH]2)cc1. The lowest BCUT2D eigenvalue weighted by Gasteiger charge is -2.00. The van der Waals surface area contributed by atoms with Crippen molar-refractivity contribution in [1.29, 1.82) is 0 Å². The van der Waals surface area contributed by atoms with Crippen molar-refractivity contribution >= 4 is 17.7 Å². The molecule has 1 amide bonds. The number of nitrogens with two attached hydrogens (primary N) is 1. The molecule has 2 aromatic carbocycles. The number of aromatic nitrogens is 3. The standard InChI is InChI=1S/C18H18N4OS/c1-2-12-3-9-15(10-4-12)17-20-18(22-21-17)24-11-13-5-7-14(8-6-13)16(19)23/h3-10H,2,11H2,1H3,(H2,19,23)(H,20,21,22). The molecule has 0 saturated carbocycles. The molecule has 3 N–H and O–H groups in total. The van der Waals surface area contributed by atoms with Crippen LogP contribution in [0.4, 0.5) is 0 Å². The van der Waals surface area contributed by atoms with Crippen LogP contribution in [0.3, 0.4) is 0 Å². The lowest BCUT2D eigenvalue weighted by molar-refractivity contribution is 0.100. The minimum atomic E-state index is -0.415. The fourth-order valence-corrected chi connectivity index (χ4v) is 3.01. The highest BCUT2D eigenvalue weighted by Gasteiger charge is 2.07. The molecule has 0 saturated heterocycles. The minimum absolute atomic E-state index is 0.415. The van der Waals surface area contributed by atoms with E-state index in [4.69, 9.17) is 5.73 Å². The van der Waals surface area contributed by atoms with Crippen LogP contribution in [0, 0.1) is 0 Å². The summed E-state index contributed by atoms with van der Waals surface area (Å²) in [5.41, 5.74) is 9.16. The van der Waals surface area contributed by atoms with Crippen LogP contribution in [-0.4, -0.2) is 21.1 Å². The number of H-pyrrole nitrogens is 1. The van der Waals surface area contributed by atoms with E-state index in [1.165, 1.54) is 5.56 Å². The maximum Gasteiger partial charge on any atom is 0.248 e. The quantitative estimate of drug-likeness (QED) is 0.674. The van der Waals surface area contributed by atoms with E-state index in [1.54, 1.807) is 23.9 Å². The third-order valence-electron chi connectivity index (χ3n) is 3.71. The van der Waals surface area contributed by atoms with Gasteiger partial charge in [0.05, 0.1) is 0 Å². The van der Waals surface area contributed by atoms with Crippen LogP contribution in [0.2, 0.25) is 0 Å². The van der Waals surface area contributed by atoms with Crippen LogP contribution >= 0.6 is 11.8 Å². The van der Waals surface area contributed by atoms with Crippen LogP contribution < -0.4 is 5.73 Å². The van der Waals surface area contributed by atoms with Crippen LogP contribution in [0.5, 0.6) is 0 Å². The van der Waals surface area contributed by atoms with Gasteiger partial charge in [-0.1, -0.05) is 55.1 Å². The molecule has 24 heavy (non-hydrogen) atoms. The second-order valence-electron chi connectivity index (χ2n) is 5.37. The second kappa shape index (κ2) is 7.31. The lowest BCUT2D eigenvalue weighted by atomic mass is 10.1. The molecule has 0 fully saturated rings. The maximum absolute atomic E-state index is 11.1. The van der Waals surface area contributed by atoms with E-state index in [0.717, 1.165) is 29.1 Å². The molecular formula is C18H18N4OS. The van der Waals surface area contributed by atoms with Crippen LogP contribution in [0.1, 0.15) is 28.4 Å². The van der Waals surface area contributed by atoms with E-state index in [1.807, 2.05) is 12.1 Å². The molecule has 0 unspecified atom stereocenters. The molecule has 0 aliphatic rings. The summed E-state index contributed by atoms with van der Waals surface area (Å²) < 4.78 is 0. The number of primary amides is 1. The number of amides is 1. The van der Waals surface area contributed by atoms with Crippen molar-refractivity contribution in [3.05, 3.63) is 65.2 Å².